The lowest BCUT2D eigenvalue weighted by Gasteiger charge is -2.39. The van der Waals surface area contributed by atoms with Crippen LogP contribution in [0.5, 0.6) is 5.75 Å². The third kappa shape index (κ3) is 3.67. The Morgan fingerprint density at radius 3 is 2.58 bits per heavy atom. The molecule has 6 nitrogen and oxygen atoms in total. The van der Waals surface area contributed by atoms with Crippen molar-refractivity contribution in [2.75, 3.05) is 7.05 Å². The van der Waals surface area contributed by atoms with Crippen molar-refractivity contribution in [1.82, 2.24) is 4.90 Å². The zero-order chi connectivity index (χ0) is 17.7. The molecule has 1 aliphatic rings. The lowest BCUT2D eigenvalue weighted by atomic mass is 9.81. The molecular formula is C18H22N2O4. The number of nitrogens with zero attached hydrogens (tertiary/aromatic N) is 2. The molecule has 0 aliphatic heterocycles. The molecule has 1 aromatic rings. The Kier molecular flexibility index (Phi) is 5.45. The van der Waals surface area contributed by atoms with Gasteiger partial charge in [-0.05, 0) is 38.0 Å². The van der Waals surface area contributed by atoms with Crippen LogP contribution in [-0.4, -0.2) is 40.6 Å². The average Bonchev–Trinajstić information content (AvgIpc) is 2.60. The van der Waals surface area contributed by atoms with E-state index in [-0.39, 0.29) is 11.3 Å². The second-order valence-electron chi connectivity index (χ2n) is 6.20. The van der Waals surface area contributed by atoms with E-state index in [9.17, 15) is 20.0 Å². The Labute approximate surface area is 141 Å². The highest BCUT2D eigenvalue weighted by Crippen LogP contribution is 2.33. The molecule has 1 atom stereocenters. The average molecular weight is 330 g/mol. The zero-order valence-electron chi connectivity index (χ0n) is 14.0. The summed E-state index contributed by atoms with van der Waals surface area (Å²) in [5.74, 6) is -1.13. The molecule has 1 amide bonds. The molecule has 1 fully saturated rings. The highest BCUT2D eigenvalue weighted by molar-refractivity contribution is 5.92. The first-order valence-corrected chi connectivity index (χ1v) is 8.08. The smallest absolute Gasteiger partial charge is 0.339 e. The number of likely N-dealkylation sites (N-methyl/N-ethyl adjacent to an activating group) is 1. The van der Waals surface area contributed by atoms with Crippen LogP contribution in [0.1, 0.15) is 49.4 Å². The summed E-state index contributed by atoms with van der Waals surface area (Å²) in [6, 6.07) is 8.03. The summed E-state index contributed by atoms with van der Waals surface area (Å²) in [5, 5.41) is 19.0. The molecule has 0 heterocycles. The van der Waals surface area contributed by atoms with E-state index in [0.29, 0.717) is 12.8 Å². The van der Waals surface area contributed by atoms with Crippen molar-refractivity contribution in [3.05, 3.63) is 29.8 Å². The topological polar surface area (TPSA) is 90.6 Å². The Morgan fingerprint density at radius 2 is 2.00 bits per heavy atom. The van der Waals surface area contributed by atoms with Gasteiger partial charge in [-0.2, -0.15) is 5.26 Å². The first kappa shape index (κ1) is 17.8. The quantitative estimate of drug-likeness (QED) is 0.857. The van der Waals surface area contributed by atoms with Gasteiger partial charge in [-0.3, -0.25) is 4.79 Å². The number of hydrogen-bond acceptors (Lipinski definition) is 5. The van der Waals surface area contributed by atoms with Crippen molar-refractivity contribution >= 4 is 11.9 Å². The van der Waals surface area contributed by atoms with Crippen molar-refractivity contribution in [2.45, 2.75) is 50.7 Å². The number of ether oxygens (including phenoxy) is 1. The number of phenols is 1. The summed E-state index contributed by atoms with van der Waals surface area (Å²) in [5.41, 5.74) is -0.647. The van der Waals surface area contributed by atoms with Crippen LogP contribution in [0.2, 0.25) is 0 Å². The number of rotatable bonds is 4. The van der Waals surface area contributed by atoms with Crippen LogP contribution < -0.4 is 0 Å². The van der Waals surface area contributed by atoms with Gasteiger partial charge in [0.2, 0.25) is 0 Å². The third-order valence-corrected chi connectivity index (χ3v) is 4.57. The van der Waals surface area contributed by atoms with Crippen molar-refractivity contribution in [2.24, 2.45) is 0 Å². The number of aromatic hydroxyl groups is 1. The standard InChI is InChI=1S/C18H22N2O4/c1-13(24-17(23)14-7-6-8-15(21)11-14)16(22)20(2)18(12-19)9-4-3-5-10-18/h6-8,11,13,21H,3-5,9-10H2,1-2H3/t13-/m1/s1. The summed E-state index contributed by atoms with van der Waals surface area (Å²) in [4.78, 5) is 26.1. The van der Waals surface area contributed by atoms with Crippen LogP contribution in [0.4, 0.5) is 0 Å². The van der Waals surface area contributed by atoms with Gasteiger partial charge in [0, 0.05) is 7.05 Å². The van der Waals surface area contributed by atoms with E-state index in [2.05, 4.69) is 6.07 Å². The molecule has 1 aliphatic carbocycles. The maximum Gasteiger partial charge on any atom is 0.339 e. The number of carbonyl (C=O) groups is 2. The molecule has 128 valence electrons. The SMILES string of the molecule is C[C@@H](OC(=O)c1cccc(O)c1)C(=O)N(C)C1(C#N)CCCCC1. The van der Waals surface area contributed by atoms with Gasteiger partial charge in [0.05, 0.1) is 11.6 Å². The van der Waals surface area contributed by atoms with Gasteiger partial charge in [-0.1, -0.05) is 25.3 Å². The van der Waals surface area contributed by atoms with E-state index in [1.54, 1.807) is 7.05 Å². The fraction of sp³-hybridized carbons (Fsp3) is 0.500. The minimum absolute atomic E-state index is 0.0498. The van der Waals surface area contributed by atoms with E-state index >= 15 is 0 Å². The van der Waals surface area contributed by atoms with Gasteiger partial charge < -0.3 is 14.7 Å². The summed E-state index contributed by atoms with van der Waals surface area (Å²) >= 11 is 0. The molecule has 6 heteroatoms. The molecule has 1 N–H and O–H groups in total. The molecular weight excluding hydrogens is 308 g/mol. The predicted molar refractivity (Wildman–Crippen MR) is 87.2 cm³/mol. The third-order valence-electron chi connectivity index (χ3n) is 4.57. The Morgan fingerprint density at radius 1 is 1.33 bits per heavy atom. The molecule has 0 radical (unpaired) electrons. The van der Waals surface area contributed by atoms with Crippen molar-refractivity contribution in [3.8, 4) is 11.8 Å². The van der Waals surface area contributed by atoms with Gasteiger partial charge in [-0.15, -0.1) is 0 Å². The minimum atomic E-state index is -1.00. The van der Waals surface area contributed by atoms with Gasteiger partial charge >= 0.3 is 5.97 Å². The molecule has 0 aromatic heterocycles. The fourth-order valence-corrected chi connectivity index (χ4v) is 3.05. The number of hydrogen-bond donors (Lipinski definition) is 1. The number of nitriles is 1. The van der Waals surface area contributed by atoms with Gasteiger partial charge in [0.15, 0.2) is 6.10 Å². The first-order chi connectivity index (χ1) is 11.4. The van der Waals surface area contributed by atoms with Crippen molar-refractivity contribution < 1.29 is 19.4 Å². The maximum atomic E-state index is 12.6. The van der Waals surface area contributed by atoms with Crippen LogP contribution >= 0.6 is 0 Å². The van der Waals surface area contributed by atoms with Gasteiger partial charge in [0.25, 0.3) is 5.91 Å². The second-order valence-corrected chi connectivity index (χ2v) is 6.20. The summed E-state index contributed by atoms with van der Waals surface area (Å²) in [7, 11) is 1.59. The van der Waals surface area contributed by atoms with Crippen LogP contribution in [0.3, 0.4) is 0 Å². The molecule has 24 heavy (non-hydrogen) atoms. The summed E-state index contributed by atoms with van der Waals surface area (Å²) < 4.78 is 5.20. The number of phenolic OH excluding ortho intramolecular Hbond substituents is 1. The summed E-state index contributed by atoms with van der Waals surface area (Å²) in [6.45, 7) is 1.49. The zero-order valence-corrected chi connectivity index (χ0v) is 14.0. The van der Waals surface area contributed by atoms with E-state index in [4.69, 9.17) is 4.74 Å². The maximum absolute atomic E-state index is 12.6. The Balaban J connectivity index is 2.06. The predicted octanol–water partition coefficient (Wildman–Crippen LogP) is 2.62. The molecule has 0 bridgehead atoms. The van der Waals surface area contributed by atoms with E-state index in [1.165, 1.54) is 36.1 Å². The normalized spacial score (nSPS) is 17.4. The van der Waals surface area contributed by atoms with E-state index < -0.39 is 23.5 Å². The molecule has 2 rings (SSSR count). The highest BCUT2D eigenvalue weighted by Gasteiger charge is 2.40. The van der Waals surface area contributed by atoms with Gasteiger partial charge in [-0.25, -0.2) is 4.79 Å². The largest absolute Gasteiger partial charge is 0.508 e. The number of amides is 1. The number of benzene rings is 1. The van der Waals surface area contributed by atoms with Gasteiger partial charge in [0.1, 0.15) is 11.3 Å². The van der Waals surface area contributed by atoms with Crippen LogP contribution in [0, 0.1) is 11.3 Å². The monoisotopic (exact) mass is 330 g/mol. The second kappa shape index (κ2) is 7.35. The van der Waals surface area contributed by atoms with Crippen LogP contribution in [0.25, 0.3) is 0 Å². The van der Waals surface area contributed by atoms with Crippen molar-refractivity contribution in [1.29, 1.82) is 5.26 Å². The Hall–Kier alpha value is -2.55. The first-order valence-electron chi connectivity index (χ1n) is 8.08. The fourth-order valence-electron chi connectivity index (χ4n) is 3.05. The molecule has 0 spiro atoms. The van der Waals surface area contributed by atoms with Crippen molar-refractivity contribution in [3.63, 3.8) is 0 Å². The Bertz CT molecular complexity index is 659. The minimum Gasteiger partial charge on any atom is -0.508 e. The van der Waals surface area contributed by atoms with E-state index in [0.717, 1.165) is 19.3 Å². The van der Waals surface area contributed by atoms with Crippen LogP contribution in [-0.2, 0) is 9.53 Å². The number of esters is 1. The molecule has 1 saturated carbocycles. The molecule has 0 unspecified atom stereocenters. The summed E-state index contributed by atoms with van der Waals surface area (Å²) in [6.07, 6.45) is 3.15. The lowest BCUT2D eigenvalue weighted by Crippen LogP contribution is -2.53. The molecule has 0 saturated heterocycles. The number of carbonyl (C=O) groups excluding carboxylic acids is 2. The van der Waals surface area contributed by atoms with Crippen LogP contribution in [0.15, 0.2) is 24.3 Å². The lowest BCUT2D eigenvalue weighted by molar-refractivity contribution is -0.143. The molecule has 1 aromatic carbocycles. The highest BCUT2D eigenvalue weighted by atomic mass is 16.5. The van der Waals surface area contributed by atoms with E-state index in [1.807, 2.05) is 0 Å².